The fourth-order valence-corrected chi connectivity index (χ4v) is 8.29. The van der Waals surface area contributed by atoms with Crippen LogP contribution in [0.2, 0.25) is 0 Å². The monoisotopic (exact) mass is 812 g/mol. The molecule has 11 aromatic rings. The fourth-order valence-electron chi connectivity index (χ4n) is 8.29. The molecule has 6 heterocycles. The molecular weight excluding hydrogens is 769 g/mol. The second-order valence-corrected chi connectivity index (χ2v) is 14.8. The zero-order valence-electron chi connectivity index (χ0n) is 35.0. The van der Waals surface area contributed by atoms with Crippen LogP contribution in [0.3, 0.4) is 0 Å². The normalized spacial score (nSPS) is 10.8. The molecule has 0 aliphatic carbocycles. The lowest BCUT2D eigenvalue weighted by Crippen LogP contribution is -1.98. The zero-order chi connectivity index (χ0) is 43.1. The second-order valence-electron chi connectivity index (χ2n) is 14.8. The minimum Gasteiger partial charge on any atom is -0.308 e. The molecule has 6 aromatic heterocycles. The van der Waals surface area contributed by atoms with Crippen LogP contribution >= 0.6 is 0 Å². The summed E-state index contributed by atoms with van der Waals surface area (Å²) in [7, 11) is 0. The van der Waals surface area contributed by atoms with Crippen molar-refractivity contribution in [2.45, 2.75) is 6.92 Å². The summed E-state index contributed by atoms with van der Waals surface area (Å²) in [5, 5.41) is 2.19. The minimum atomic E-state index is 0.950. The maximum Gasteiger partial charge on any atom is 0.0963 e. The molecule has 302 valence electrons. The molecule has 0 radical (unpaired) electrons. The second kappa shape index (κ2) is 18.0. The van der Waals surface area contributed by atoms with Gasteiger partial charge in [0, 0.05) is 58.1 Å². The van der Waals surface area contributed by atoms with Crippen molar-refractivity contribution in [3.63, 3.8) is 0 Å². The molecule has 6 nitrogen and oxygen atoms in total. The van der Waals surface area contributed by atoms with E-state index in [9.17, 15) is 0 Å². The summed E-state index contributed by atoms with van der Waals surface area (Å²) in [5.41, 5.74) is 16.9. The van der Waals surface area contributed by atoms with E-state index in [2.05, 4.69) is 172 Å². The largest absolute Gasteiger partial charge is 0.308 e. The van der Waals surface area contributed by atoms with E-state index in [1.54, 1.807) is 18.2 Å². The highest BCUT2D eigenvalue weighted by molar-refractivity contribution is 6.10. The lowest BCUT2D eigenvalue weighted by molar-refractivity contribution is 1.13. The molecule has 0 saturated heterocycles. The highest BCUT2D eigenvalue weighted by Gasteiger charge is 2.19. The van der Waals surface area contributed by atoms with Crippen LogP contribution in [-0.2, 0) is 0 Å². The topological polar surface area (TPSA) is 61.4 Å². The quantitative estimate of drug-likeness (QED) is 0.119. The van der Waals surface area contributed by atoms with Crippen molar-refractivity contribution in [3.8, 4) is 56.1 Å². The number of hydrogen-bond donors (Lipinski definition) is 0. The number of aromatic nitrogens is 6. The Morgan fingerprint density at radius 2 is 0.794 bits per heavy atom. The standard InChI is InChI=1S/C50H32N6.C4H6.C3H6/c1-3-16-39(43-18-5-7-26-51-43)37(14-1)33-22-24-45-41(30-33)49-47(20-10-28-53-49)55(45)35-12-9-13-36(32-35)56-46-25-23-34(31-42(46)50-48(56)21-11-29-54-50)38-15-2-4-17-40(38)44-19-6-8-27-52-44;1-3-4-2;1-3-2/h1-32H;3-4H,1-2H2;3H,1H2,2H3. The van der Waals surface area contributed by atoms with E-state index in [1.165, 1.54) is 0 Å². The Balaban J connectivity index is 0.000000675. The van der Waals surface area contributed by atoms with Gasteiger partial charge in [0.15, 0.2) is 0 Å². The third-order valence-electron chi connectivity index (χ3n) is 10.9. The first kappa shape index (κ1) is 40.0. The van der Waals surface area contributed by atoms with Crippen LogP contribution in [0.25, 0.3) is 100 Å². The summed E-state index contributed by atoms with van der Waals surface area (Å²) in [5.74, 6) is 0. The first-order chi connectivity index (χ1) is 31.1. The van der Waals surface area contributed by atoms with Crippen LogP contribution in [-0.4, -0.2) is 29.1 Å². The number of hydrogen-bond acceptors (Lipinski definition) is 4. The van der Waals surface area contributed by atoms with Crippen molar-refractivity contribution in [1.82, 2.24) is 29.1 Å². The first-order valence-electron chi connectivity index (χ1n) is 20.8. The van der Waals surface area contributed by atoms with Crippen LogP contribution in [0.1, 0.15) is 6.92 Å². The van der Waals surface area contributed by atoms with E-state index in [0.717, 1.165) is 100 Å². The third kappa shape index (κ3) is 7.62. The lowest BCUT2D eigenvalue weighted by Gasteiger charge is -2.13. The van der Waals surface area contributed by atoms with Crippen LogP contribution in [0, 0.1) is 0 Å². The molecule has 6 heteroatoms. The Hall–Kier alpha value is -8.48. The van der Waals surface area contributed by atoms with E-state index in [1.807, 2.05) is 68.1 Å². The number of nitrogens with zero attached hydrogens (tertiary/aromatic N) is 6. The average molecular weight is 813 g/mol. The molecule has 0 aliphatic heterocycles. The Morgan fingerprint density at radius 3 is 1.21 bits per heavy atom. The van der Waals surface area contributed by atoms with E-state index < -0.39 is 0 Å². The van der Waals surface area contributed by atoms with Crippen LogP contribution in [0.15, 0.2) is 233 Å². The number of pyridine rings is 4. The van der Waals surface area contributed by atoms with Gasteiger partial charge in [0.1, 0.15) is 0 Å². The van der Waals surface area contributed by atoms with E-state index in [4.69, 9.17) is 9.97 Å². The molecule has 0 bridgehead atoms. The van der Waals surface area contributed by atoms with Crippen LogP contribution < -0.4 is 0 Å². The van der Waals surface area contributed by atoms with E-state index in [-0.39, 0.29) is 0 Å². The van der Waals surface area contributed by atoms with Crippen molar-refractivity contribution in [2.24, 2.45) is 0 Å². The molecule has 11 rings (SSSR count). The van der Waals surface area contributed by atoms with Gasteiger partial charge in [-0.1, -0.05) is 110 Å². The summed E-state index contributed by atoms with van der Waals surface area (Å²) in [6.07, 6.45) is 12.5. The van der Waals surface area contributed by atoms with Gasteiger partial charge in [-0.15, -0.1) is 6.58 Å². The van der Waals surface area contributed by atoms with Crippen LogP contribution in [0.5, 0.6) is 0 Å². The van der Waals surface area contributed by atoms with Gasteiger partial charge in [0.2, 0.25) is 0 Å². The summed E-state index contributed by atoms with van der Waals surface area (Å²) in [6.45, 7) is 12.0. The predicted molar refractivity (Wildman–Crippen MR) is 264 cm³/mol. The van der Waals surface area contributed by atoms with Gasteiger partial charge in [0.25, 0.3) is 0 Å². The van der Waals surface area contributed by atoms with Gasteiger partial charge in [0.05, 0.1) is 44.5 Å². The zero-order valence-corrected chi connectivity index (χ0v) is 35.0. The van der Waals surface area contributed by atoms with E-state index >= 15 is 0 Å². The van der Waals surface area contributed by atoms with Gasteiger partial charge in [-0.05, 0) is 120 Å². The van der Waals surface area contributed by atoms with Gasteiger partial charge in [-0.2, -0.15) is 0 Å². The predicted octanol–water partition coefficient (Wildman–Crippen LogP) is 14.7. The number of rotatable bonds is 7. The Labute approximate surface area is 367 Å². The molecule has 5 aromatic carbocycles. The Kier molecular flexibility index (Phi) is 11.4. The van der Waals surface area contributed by atoms with Crippen molar-refractivity contribution >= 4 is 43.9 Å². The molecule has 0 fully saturated rings. The fraction of sp³-hybridized carbons (Fsp3) is 0.0175. The van der Waals surface area contributed by atoms with Crippen LogP contribution in [0.4, 0.5) is 0 Å². The number of fused-ring (bicyclic) bond motifs is 6. The molecule has 0 N–H and O–H groups in total. The Bertz CT molecular complexity index is 3190. The van der Waals surface area contributed by atoms with Gasteiger partial charge >= 0.3 is 0 Å². The SMILES string of the molecule is C=CC.C=CC=C.c1ccc(-c2ccccc2-c2ccc3c(c2)c2ncccc2n3-c2cccc(-n3c4ccc(-c5ccccc5-c5ccccn5)cc4c4ncccc43)c2)nc1. The van der Waals surface area contributed by atoms with Gasteiger partial charge in [-0.25, -0.2) is 0 Å². The van der Waals surface area contributed by atoms with E-state index in [0.29, 0.717) is 0 Å². The molecule has 0 saturated carbocycles. The summed E-state index contributed by atoms with van der Waals surface area (Å²) < 4.78 is 4.66. The molecule has 0 atom stereocenters. The van der Waals surface area contributed by atoms with Crippen molar-refractivity contribution in [1.29, 1.82) is 0 Å². The maximum absolute atomic E-state index is 4.93. The highest BCUT2D eigenvalue weighted by atomic mass is 15.0. The minimum absolute atomic E-state index is 0.950. The van der Waals surface area contributed by atoms with Gasteiger partial charge < -0.3 is 9.13 Å². The number of allylic oxidation sites excluding steroid dienone is 3. The molecule has 0 aliphatic rings. The third-order valence-corrected chi connectivity index (χ3v) is 10.9. The summed E-state index contributed by atoms with van der Waals surface area (Å²) in [4.78, 5) is 19.2. The van der Waals surface area contributed by atoms with Crippen molar-refractivity contribution in [3.05, 3.63) is 233 Å². The smallest absolute Gasteiger partial charge is 0.0963 e. The first-order valence-corrected chi connectivity index (χ1v) is 20.8. The number of benzene rings is 5. The molecule has 0 unspecified atom stereocenters. The Morgan fingerprint density at radius 1 is 0.381 bits per heavy atom. The van der Waals surface area contributed by atoms with Crippen molar-refractivity contribution < 1.29 is 0 Å². The van der Waals surface area contributed by atoms with Crippen molar-refractivity contribution in [2.75, 3.05) is 0 Å². The molecule has 0 spiro atoms. The highest BCUT2D eigenvalue weighted by Crippen LogP contribution is 2.39. The molecule has 63 heavy (non-hydrogen) atoms. The lowest BCUT2D eigenvalue weighted by atomic mass is 9.96. The molecular formula is C57H44N6. The molecule has 0 amide bonds. The van der Waals surface area contributed by atoms with Gasteiger partial charge in [-0.3, -0.25) is 19.9 Å². The maximum atomic E-state index is 4.93. The average Bonchev–Trinajstić information content (AvgIpc) is 3.87. The summed E-state index contributed by atoms with van der Waals surface area (Å²) >= 11 is 0. The summed E-state index contributed by atoms with van der Waals surface area (Å²) in [6, 6.07) is 59.6.